The molecule has 0 heterocycles. The van der Waals surface area contributed by atoms with Crippen LogP contribution < -0.4 is 4.74 Å². The van der Waals surface area contributed by atoms with Crippen LogP contribution in [0.3, 0.4) is 0 Å². The van der Waals surface area contributed by atoms with Crippen molar-refractivity contribution in [1.82, 2.24) is 0 Å². The van der Waals surface area contributed by atoms with Gasteiger partial charge in [0, 0.05) is 12.0 Å². The largest absolute Gasteiger partial charge is 0.489 e. The van der Waals surface area contributed by atoms with E-state index in [9.17, 15) is 4.79 Å². The molecule has 0 aliphatic carbocycles. The molecule has 0 radical (unpaired) electrons. The molecule has 0 amide bonds. The minimum absolute atomic E-state index is 0.147. The van der Waals surface area contributed by atoms with Crippen LogP contribution in [0.1, 0.15) is 54.2 Å². The molecule has 0 N–H and O–H groups in total. The monoisotopic (exact) mass is 402 g/mol. The van der Waals surface area contributed by atoms with E-state index < -0.39 is 0 Å². The first-order valence-electron chi connectivity index (χ1n) is 10.4. The lowest BCUT2D eigenvalue weighted by atomic mass is 9.99. The van der Waals surface area contributed by atoms with Crippen LogP contribution in [-0.2, 0) is 24.4 Å². The average molecular weight is 403 g/mol. The number of hydrogen-bond acceptors (Lipinski definition) is 3. The molecule has 3 aromatic rings. The van der Waals surface area contributed by atoms with Crippen molar-refractivity contribution in [3.63, 3.8) is 0 Å². The molecule has 0 aromatic heterocycles. The van der Waals surface area contributed by atoms with Crippen LogP contribution in [0, 0.1) is 0 Å². The standard InChI is InChI=1S/C27H30O3/c1-27(2,3)30-20-24-14-16-25(29-19-21-10-6-4-7-11-21)18-23(24)15-17-26(28)22-12-8-5-9-13-22/h4-14,16,18H,15,17,19-20H2,1-3H3. The van der Waals surface area contributed by atoms with Crippen molar-refractivity contribution >= 4 is 5.78 Å². The van der Waals surface area contributed by atoms with Gasteiger partial charge in [0.05, 0.1) is 12.2 Å². The summed E-state index contributed by atoms with van der Waals surface area (Å²) in [5, 5.41) is 0. The van der Waals surface area contributed by atoms with Crippen LogP contribution in [0.4, 0.5) is 0 Å². The Hall–Kier alpha value is -2.91. The van der Waals surface area contributed by atoms with Gasteiger partial charge in [-0.1, -0.05) is 66.7 Å². The van der Waals surface area contributed by atoms with E-state index in [1.54, 1.807) is 0 Å². The highest BCUT2D eigenvalue weighted by molar-refractivity contribution is 5.96. The lowest BCUT2D eigenvalue weighted by molar-refractivity contribution is -0.0152. The van der Waals surface area contributed by atoms with Crippen LogP contribution in [0.15, 0.2) is 78.9 Å². The second kappa shape index (κ2) is 10.2. The fraction of sp³-hybridized carbons (Fsp3) is 0.296. The first-order valence-corrected chi connectivity index (χ1v) is 10.4. The molecule has 0 atom stereocenters. The number of aryl methyl sites for hydroxylation is 1. The second-order valence-electron chi connectivity index (χ2n) is 8.40. The Morgan fingerprint density at radius 3 is 2.13 bits per heavy atom. The van der Waals surface area contributed by atoms with Gasteiger partial charge in [0.2, 0.25) is 0 Å². The van der Waals surface area contributed by atoms with Crippen LogP contribution in [0.5, 0.6) is 5.75 Å². The van der Waals surface area contributed by atoms with Crippen molar-refractivity contribution in [2.45, 2.75) is 52.4 Å². The van der Waals surface area contributed by atoms with Crippen molar-refractivity contribution in [1.29, 1.82) is 0 Å². The van der Waals surface area contributed by atoms with E-state index in [0.29, 0.717) is 26.1 Å². The van der Waals surface area contributed by atoms with E-state index in [1.165, 1.54) is 0 Å². The number of ether oxygens (including phenoxy) is 2. The molecule has 3 heteroatoms. The second-order valence-corrected chi connectivity index (χ2v) is 8.40. The lowest BCUT2D eigenvalue weighted by Gasteiger charge is -2.21. The zero-order chi connectivity index (χ0) is 21.4. The van der Waals surface area contributed by atoms with Crippen LogP contribution in [-0.4, -0.2) is 11.4 Å². The van der Waals surface area contributed by atoms with Gasteiger partial charge in [-0.3, -0.25) is 4.79 Å². The molecule has 3 nitrogen and oxygen atoms in total. The predicted octanol–water partition coefficient (Wildman–Crippen LogP) is 6.40. The van der Waals surface area contributed by atoms with Gasteiger partial charge in [-0.25, -0.2) is 0 Å². The molecule has 0 saturated heterocycles. The van der Waals surface area contributed by atoms with E-state index in [2.05, 4.69) is 0 Å². The summed E-state index contributed by atoms with van der Waals surface area (Å²) in [4.78, 5) is 12.6. The zero-order valence-corrected chi connectivity index (χ0v) is 18.1. The van der Waals surface area contributed by atoms with E-state index in [1.807, 2.05) is 99.6 Å². The molecular weight excluding hydrogens is 372 g/mol. The van der Waals surface area contributed by atoms with Gasteiger partial charge in [0.1, 0.15) is 12.4 Å². The third kappa shape index (κ3) is 6.85. The maximum Gasteiger partial charge on any atom is 0.163 e. The molecule has 0 aliphatic rings. The molecule has 0 saturated carbocycles. The number of benzene rings is 3. The number of carbonyl (C=O) groups excluding carboxylic acids is 1. The van der Waals surface area contributed by atoms with Crippen LogP contribution >= 0.6 is 0 Å². The summed E-state index contributed by atoms with van der Waals surface area (Å²) in [6, 6.07) is 25.6. The Labute approximate surface area is 179 Å². The number of Topliss-reactive ketones (excluding diaryl/α,β-unsaturated/α-hetero) is 1. The fourth-order valence-electron chi connectivity index (χ4n) is 3.12. The summed E-state index contributed by atoms with van der Waals surface area (Å²) in [5.41, 5.74) is 3.84. The summed E-state index contributed by atoms with van der Waals surface area (Å²) in [5.74, 6) is 0.953. The van der Waals surface area contributed by atoms with E-state index in [-0.39, 0.29) is 11.4 Å². The SMILES string of the molecule is CC(C)(C)OCc1ccc(OCc2ccccc2)cc1CCC(=O)c1ccccc1. The minimum Gasteiger partial charge on any atom is -0.489 e. The van der Waals surface area contributed by atoms with Crippen molar-refractivity contribution in [2.75, 3.05) is 0 Å². The first-order chi connectivity index (χ1) is 14.4. The highest BCUT2D eigenvalue weighted by Crippen LogP contribution is 2.23. The summed E-state index contributed by atoms with van der Waals surface area (Å²) in [7, 11) is 0. The highest BCUT2D eigenvalue weighted by Gasteiger charge is 2.14. The number of rotatable bonds is 9. The third-order valence-electron chi connectivity index (χ3n) is 4.80. The van der Waals surface area contributed by atoms with Gasteiger partial charge in [-0.2, -0.15) is 0 Å². The minimum atomic E-state index is -0.223. The Morgan fingerprint density at radius 1 is 0.800 bits per heavy atom. The Morgan fingerprint density at radius 2 is 1.47 bits per heavy atom. The van der Waals surface area contributed by atoms with Gasteiger partial charge in [-0.15, -0.1) is 0 Å². The molecule has 156 valence electrons. The smallest absolute Gasteiger partial charge is 0.163 e. The van der Waals surface area contributed by atoms with Gasteiger partial charge in [0.25, 0.3) is 0 Å². The quantitative estimate of drug-likeness (QED) is 0.389. The van der Waals surface area contributed by atoms with Gasteiger partial charge >= 0.3 is 0 Å². The average Bonchev–Trinajstić information content (AvgIpc) is 2.76. The molecule has 0 spiro atoms. The molecule has 0 bridgehead atoms. The number of hydrogen-bond donors (Lipinski definition) is 0. The molecule has 0 aliphatic heterocycles. The van der Waals surface area contributed by atoms with Crippen molar-refractivity contribution in [2.24, 2.45) is 0 Å². The Kier molecular flexibility index (Phi) is 7.42. The lowest BCUT2D eigenvalue weighted by Crippen LogP contribution is -2.19. The normalized spacial score (nSPS) is 11.3. The summed E-state index contributed by atoms with van der Waals surface area (Å²) >= 11 is 0. The molecular formula is C27H30O3. The molecule has 0 unspecified atom stereocenters. The molecule has 30 heavy (non-hydrogen) atoms. The van der Waals surface area contributed by atoms with Crippen molar-refractivity contribution < 1.29 is 14.3 Å². The summed E-state index contributed by atoms with van der Waals surface area (Å²) in [6.07, 6.45) is 1.10. The molecule has 3 rings (SSSR count). The van der Waals surface area contributed by atoms with Crippen LogP contribution in [0.25, 0.3) is 0 Å². The third-order valence-corrected chi connectivity index (χ3v) is 4.80. The summed E-state index contributed by atoms with van der Waals surface area (Å²) < 4.78 is 12.0. The maximum atomic E-state index is 12.6. The topological polar surface area (TPSA) is 35.5 Å². The first kappa shape index (κ1) is 21.8. The number of carbonyl (C=O) groups is 1. The summed E-state index contributed by atoms with van der Waals surface area (Å²) in [6.45, 7) is 7.16. The Bertz CT molecular complexity index is 941. The number of ketones is 1. The van der Waals surface area contributed by atoms with E-state index in [0.717, 1.165) is 28.0 Å². The Balaban J connectivity index is 1.72. The van der Waals surface area contributed by atoms with Gasteiger partial charge in [-0.05, 0) is 56.0 Å². The van der Waals surface area contributed by atoms with Crippen LogP contribution in [0.2, 0.25) is 0 Å². The van der Waals surface area contributed by atoms with Crippen molar-refractivity contribution in [3.05, 3.63) is 101 Å². The fourth-order valence-corrected chi connectivity index (χ4v) is 3.12. The highest BCUT2D eigenvalue weighted by atomic mass is 16.5. The van der Waals surface area contributed by atoms with Gasteiger partial charge < -0.3 is 9.47 Å². The zero-order valence-electron chi connectivity index (χ0n) is 18.1. The maximum absolute atomic E-state index is 12.6. The molecule has 3 aromatic carbocycles. The van der Waals surface area contributed by atoms with E-state index >= 15 is 0 Å². The van der Waals surface area contributed by atoms with Crippen molar-refractivity contribution in [3.8, 4) is 5.75 Å². The molecule has 0 fully saturated rings. The van der Waals surface area contributed by atoms with Gasteiger partial charge in [0.15, 0.2) is 5.78 Å². The predicted molar refractivity (Wildman–Crippen MR) is 121 cm³/mol. The van der Waals surface area contributed by atoms with E-state index in [4.69, 9.17) is 9.47 Å².